The fourth-order valence-corrected chi connectivity index (χ4v) is 1.92. The molecule has 1 fully saturated rings. The summed E-state index contributed by atoms with van der Waals surface area (Å²) in [4.78, 5) is 2.36. The van der Waals surface area contributed by atoms with Gasteiger partial charge in [-0.3, -0.25) is 0 Å². The van der Waals surface area contributed by atoms with Crippen molar-refractivity contribution < 1.29 is 4.74 Å². The third-order valence-electron chi connectivity index (χ3n) is 2.47. The average molecular weight is 203 g/mol. The first-order valence-corrected chi connectivity index (χ1v) is 5.76. The van der Waals surface area contributed by atoms with Crippen LogP contribution in [0.3, 0.4) is 0 Å². The molecule has 13 heavy (non-hydrogen) atoms. The van der Waals surface area contributed by atoms with Gasteiger partial charge in [0.1, 0.15) is 0 Å². The molecule has 0 aromatic carbocycles. The van der Waals surface area contributed by atoms with Gasteiger partial charge in [-0.1, -0.05) is 6.92 Å². The summed E-state index contributed by atoms with van der Waals surface area (Å²) in [5, 5.41) is 0. The molecule has 1 saturated heterocycles. The van der Waals surface area contributed by atoms with E-state index in [1.807, 2.05) is 0 Å². The summed E-state index contributed by atoms with van der Waals surface area (Å²) in [5.74, 6) is 1.64. The lowest BCUT2D eigenvalue weighted by atomic mass is 10.2. The molecule has 0 aromatic heterocycles. The zero-order valence-electron chi connectivity index (χ0n) is 8.70. The predicted octanol–water partition coefficient (Wildman–Crippen LogP) is 1.66. The molecule has 1 rings (SSSR count). The molecule has 3 heteroatoms. The maximum atomic E-state index is 5.58. The highest BCUT2D eigenvalue weighted by molar-refractivity contribution is 7.80. The van der Waals surface area contributed by atoms with E-state index in [1.54, 1.807) is 0 Å². The minimum absolute atomic E-state index is 0.483. The number of likely N-dealkylation sites (N-methyl/N-ethyl adjacent to an activating group) is 1. The van der Waals surface area contributed by atoms with Crippen molar-refractivity contribution in [2.24, 2.45) is 5.92 Å². The second kappa shape index (κ2) is 5.89. The Morgan fingerprint density at radius 1 is 1.62 bits per heavy atom. The van der Waals surface area contributed by atoms with Crippen molar-refractivity contribution in [2.45, 2.75) is 25.9 Å². The number of hydrogen-bond acceptors (Lipinski definition) is 3. The topological polar surface area (TPSA) is 12.5 Å². The molecular formula is C10H21NOS. The molecule has 1 aliphatic rings. The van der Waals surface area contributed by atoms with E-state index in [-0.39, 0.29) is 0 Å². The standard InChI is InChI=1S/C10H21NOS/c1-9(8-13)6-11(2)7-10-4-3-5-12-10/h9-10,13H,3-8H2,1-2H3. The largest absolute Gasteiger partial charge is 0.377 e. The maximum absolute atomic E-state index is 5.58. The Morgan fingerprint density at radius 2 is 2.38 bits per heavy atom. The second-order valence-electron chi connectivity index (χ2n) is 4.14. The van der Waals surface area contributed by atoms with Crippen molar-refractivity contribution in [3.63, 3.8) is 0 Å². The Labute approximate surface area is 87.0 Å². The van der Waals surface area contributed by atoms with Gasteiger partial charge in [0.25, 0.3) is 0 Å². The molecule has 0 amide bonds. The maximum Gasteiger partial charge on any atom is 0.0702 e. The smallest absolute Gasteiger partial charge is 0.0702 e. The Kier molecular flexibility index (Phi) is 5.14. The minimum Gasteiger partial charge on any atom is -0.377 e. The van der Waals surface area contributed by atoms with Gasteiger partial charge >= 0.3 is 0 Å². The fraction of sp³-hybridized carbons (Fsp3) is 1.00. The van der Waals surface area contributed by atoms with E-state index in [0.29, 0.717) is 12.0 Å². The highest BCUT2D eigenvalue weighted by Crippen LogP contribution is 2.13. The lowest BCUT2D eigenvalue weighted by Crippen LogP contribution is -2.32. The lowest BCUT2D eigenvalue weighted by Gasteiger charge is -2.22. The number of rotatable bonds is 5. The first-order chi connectivity index (χ1) is 6.22. The fourth-order valence-electron chi connectivity index (χ4n) is 1.80. The minimum atomic E-state index is 0.483. The third-order valence-corrected chi connectivity index (χ3v) is 3.10. The van der Waals surface area contributed by atoms with Crippen LogP contribution in [0, 0.1) is 5.92 Å². The quantitative estimate of drug-likeness (QED) is 0.682. The van der Waals surface area contributed by atoms with E-state index in [2.05, 4.69) is 31.5 Å². The predicted molar refractivity (Wildman–Crippen MR) is 59.5 cm³/mol. The van der Waals surface area contributed by atoms with Crippen LogP contribution < -0.4 is 0 Å². The average Bonchev–Trinajstić information content (AvgIpc) is 2.56. The van der Waals surface area contributed by atoms with E-state index in [4.69, 9.17) is 4.74 Å². The molecule has 1 heterocycles. The highest BCUT2D eigenvalue weighted by Gasteiger charge is 2.17. The summed E-state index contributed by atoms with van der Waals surface area (Å²) in [7, 11) is 2.17. The Balaban J connectivity index is 2.12. The van der Waals surface area contributed by atoms with Gasteiger partial charge in [-0.25, -0.2) is 0 Å². The molecular weight excluding hydrogens is 182 g/mol. The van der Waals surface area contributed by atoms with Crippen LogP contribution in [-0.4, -0.2) is 43.5 Å². The summed E-state index contributed by atoms with van der Waals surface area (Å²) >= 11 is 4.28. The van der Waals surface area contributed by atoms with Crippen LogP contribution in [-0.2, 0) is 4.74 Å². The van der Waals surface area contributed by atoms with Crippen molar-refractivity contribution in [2.75, 3.05) is 32.5 Å². The van der Waals surface area contributed by atoms with Crippen LogP contribution in [0.15, 0.2) is 0 Å². The van der Waals surface area contributed by atoms with Crippen LogP contribution in [0.25, 0.3) is 0 Å². The number of nitrogens with zero attached hydrogens (tertiary/aromatic N) is 1. The van der Waals surface area contributed by atoms with Gasteiger partial charge in [-0.15, -0.1) is 0 Å². The van der Waals surface area contributed by atoms with Crippen LogP contribution in [0.1, 0.15) is 19.8 Å². The van der Waals surface area contributed by atoms with E-state index >= 15 is 0 Å². The van der Waals surface area contributed by atoms with Gasteiger partial charge in [0.15, 0.2) is 0 Å². The van der Waals surface area contributed by atoms with Crippen LogP contribution in [0.4, 0.5) is 0 Å². The molecule has 1 aliphatic heterocycles. The molecule has 0 aliphatic carbocycles. The van der Waals surface area contributed by atoms with Crippen molar-refractivity contribution in [3.8, 4) is 0 Å². The molecule has 0 aromatic rings. The van der Waals surface area contributed by atoms with E-state index in [9.17, 15) is 0 Å². The van der Waals surface area contributed by atoms with E-state index in [1.165, 1.54) is 12.8 Å². The molecule has 2 nitrogen and oxygen atoms in total. The van der Waals surface area contributed by atoms with Gasteiger partial charge < -0.3 is 9.64 Å². The highest BCUT2D eigenvalue weighted by atomic mass is 32.1. The summed E-state index contributed by atoms with van der Waals surface area (Å²) in [6, 6.07) is 0. The zero-order valence-corrected chi connectivity index (χ0v) is 9.59. The summed E-state index contributed by atoms with van der Waals surface area (Å²) in [6.07, 6.45) is 2.96. The molecule has 0 N–H and O–H groups in total. The second-order valence-corrected chi connectivity index (χ2v) is 4.51. The van der Waals surface area contributed by atoms with Gasteiger partial charge in [0, 0.05) is 19.7 Å². The first-order valence-electron chi connectivity index (χ1n) is 5.13. The lowest BCUT2D eigenvalue weighted by molar-refractivity contribution is 0.0783. The zero-order chi connectivity index (χ0) is 9.68. The van der Waals surface area contributed by atoms with Gasteiger partial charge in [-0.2, -0.15) is 12.6 Å². The van der Waals surface area contributed by atoms with Crippen LogP contribution >= 0.6 is 12.6 Å². The number of ether oxygens (including phenoxy) is 1. The summed E-state index contributed by atoms with van der Waals surface area (Å²) < 4.78 is 5.58. The Hall–Kier alpha value is 0.270. The summed E-state index contributed by atoms with van der Waals surface area (Å²) in [5.41, 5.74) is 0. The first kappa shape index (κ1) is 11.3. The number of thiol groups is 1. The molecule has 0 radical (unpaired) electrons. The van der Waals surface area contributed by atoms with Crippen molar-refractivity contribution >= 4 is 12.6 Å². The summed E-state index contributed by atoms with van der Waals surface area (Å²) in [6.45, 7) is 5.40. The van der Waals surface area contributed by atoms with Crippen molar-refractivity contribution in [1.29, 1.82) is 0 Å². The Bertz CT molecular complexity index is 137. The molecule has 2 unspecified atom stereocenters. The number of hydrogen-bond donors (Lipinski definition) is 1. The van der Waals surface area contributed by atoms with Gasteiger partial charge in [0.05, 0.1) is 6.10 Å². The Morgan fingerprint density at radius 3 is 2.92 bits per heavy atom. The van der Waals surface area contributed by atoms with Crippen molar-refractivity contribution in [1.82, 2.24) is 4.90 Å². The molecule has 78 valence electrons. The monoisotopic (exact) mass is 203 g/mol. The normalized spacial score (nSPS) is 25.4. The van der Waals surface area contributed by atoms with E-state index < -0.39 is 0 Å². The molecule has 0 spiro atoms. The van der Waals surface area contributed by atoms with Crippen LogP contribution in [0.2, 0.25) is 0 Å². The van der Waals surface area contributed by atoms with Gasteiger partial charge in [-0.05, 0) is 31.6 Å². The van der Waals surface area contributed by atoms with Gasteiger partial charge in [0.2, 0.25) is 0 Å². The molecule has 0 saturated carbocycles. The van der Waals surface area contributed by atoms with Crippen molar-refractivity contribution in [3.05, 3.63) is 0 Å². The van der Waals surface area contributed by atoms with Crippen LogP contribution in [0.5, 0.6) is 0 Å². The van der Waals surface area contributed by atoms with E-state index in [0.717, 1.165) is 25.4 Å². The SMILES string of the molecule is CC(CS)CN(C)CC1CCCO1. The molecule has 2 atom stereocenters. The third kappa shape index (κ3) is 4.34. The molecule has 0 bridgehead atoms.